The second-order valence-electron chi connectivity index (χ2n) is 7.56. The van der Waals surface area contributed by atoms with E-state index in [4.69, 9.17) is 4.74 Å². The van der Waals surface area contributed by atoms with E-state index in [9.17, 15) is 22.4 Å². The van der Waals surface area contributed by atoms with Crippen LogP contribution in [-0.4, -0.2) is 38.8 Å². The first-order chi connectivity index (χ1) is 15.7. The van der Waals surface area contributed by atoms with Crippen molar-refractivity contribution in [3.05, 3.63) is 81.5 Å². The molecule has 0 saturated heterocycles. The third kappa shape index (κ3) is 4.49. The second-order valence-corrected chi connectivity index (χ2v) is 10.5. The van der Waals surface area contributed by atoms with Crippen molar-refractivity contribution < 1.29 is 27.1 Å². The summed E-state index contributed by atoms with van der Waals surface area (Å²) in [6.45, 7) is 2.20. The number of ether oxygens (including phenoxy) is 1. The lowest BCUT2D eigenvalue weighted by Crippen LogP contribution is -2.35. The number of sulfonamides is 1. The molecule has 4 rings (SSSR count). The van der Waals surface area contributed by atoms with Crippen LogP contribution in [0.15, 0.2) is 52.7 Å². The van der Waals surface area contributed by atoms with E-state index < -0.39 is 21.8 Å². The fourth-order valence-electron chi connectivity index (χ4n) is 3.70. The Morgan fingerprint density at radius 3 is 2.48 bits per heavy atom. The van der Waals surface area contributed by atoms with Crippen LogP contribution in [0, 0.1) is 12.7 Å². The van der Waals surface area contributed by atoms with Crippen LogP contribution in [0.3, 0.4) is 0 Å². The van der Waals surface area contributed by atoms with Gasteiger partial charge in [-0.25, -0.2) is 17.6 Å². The molecule has 0 unspecified atom stereocenters. The standard InChI is InChI=1S/C23H21FN2O5S2/c1-14-5-3-4-6-18(14)25-33(29,30)23-20(22(28)31-2)17-11-12-26(13-19(17)32-23)21(27)15-7-9-16(24)10-8-15/h3-10,25H,11-13H2,1-2H3. The van der Waals surface area contributed by atoms with E-state index in [0.29, 0.717) is 28.1 Å². The number of aryl methyl sites for hydroxylation is 1. The molecule has 0 spiro atoms. The van der Waals surface area contributed by atoms with Crippen LogP contribution in [0.5, 0.6) is 0 Å². The maximum Gasteiger partial charge on any atom is 0.340 e. The highest BCUT2D eigenvalue weighted by atomic mass is 32.2. The van der Waals surface area contributed by atoms with Gasteiger partial charge < -0.3 is 9.64 Å². The molecule has 1 amide bonds. The number of para-hydroxylation sites is 1. The van der Waals surface area contributed by atoms with Crippen molar-refractivity contribution in [2.45, 2.75) is 24.1 Å². The van der Waals surface area contributed by atoms with Gasteiger partial charge in [0, 0.05) is 17.0 Å². The Kier molecular flexibility index (Phi) is 6.22. The van der Waals surface area contributed by atoms with E-state index in [2.05, 4.69) is 4.72 Å². The summed E-state index contributed by atoms with van der Waals surface area (Å²) in [6.07, 6.45) is 0.295. The van der Waals surface area contributed by atoms with Crippen molar-refractivity contribution in [2.24, 2.45) is 0 Å². The molecular weight excluding hydrogens is 467 g/mol. The van der Waals surface area contributed by atoms with Gasteiger partial charge in [-0.2, -0.15) is 0 Å². The van der Waals surface area contributed by atoms with Gasteiger partial charge in [0.05, 0.1) is 24.9 Å². The molecule has 1 aliphatic heterocycles. The number of carbonyl (C=O) groups is 2. The first kappa shape index (κ1) is 22.9. The molecule has 1 aromatic heterocycles. The summed E-state index contributed by atoms with van der Waals surface area (Å²) in [5.74, 6) is -1.48. The van der Waals surface area contributed by atoms with Crippen LogP contribution in [0.2, 0.25) is 0 Å². The number of amides is 1. The maximum absolute atomic E-state index is 13.3. The number of benzene rings is 2. The van der Waals surface area contributed by atoms with Crippen molar-refractivity contribution in [3.63, 3.8) is 0 Å². The maximum atomic E-state index is 13.3. The number of nitrogens with one attached hydrogen (secondary N) is 1. The van der Waals surface area contributed by atoms with Crippen LogP contribution >= 0.6 is 11.3 Å². The Hall–Kier alpha value is -3.24. The number of anilines is 1. The monoisotopic (exact) mass is 488 g/mol. The number of nitrogens with zero attached hydrogens (tertiary/aromatic N) is 1. The first-order valence-electron chi connectivity index (χ1n) is 10.1. The smallest absolute Gasteiger partial charge is 0.340 e. The molecule has 0 atom stereocenters. The van der Waals surface area contributed by atoms with Gasteiger partial charge in [-0.15, -0.1) is 11.3 Å². The number of carbonyl (C=O) groups excluding carboxylic acids is 2. The van der Waals surface area contributed by atoms with Gasteiger partial charge in [0.15, 0.2) is 4.21 Å². The number of rotatable bonds is 5. The molecule has 33 heavy (non-hydrogen) atoms. The zero-order chi connectivity index (χ0) is 23.8. The largest absolute Gasteiger partial charge is 0.465 e. The minimum Gasteiger partial charge on any atom is -0.465 e. The predicted molar refractivity (Wildman–Crippen MR) is 122 cm³/mol. The average molecular weight is 489 g/mol. The number of hydrogen-bond donors (Lipinski definition) is 1. The molecule has 0 fully saturated rings. The van der Waals surface area contributed by atoms with E-state index in [1.54, 1.807) is 36.1 Å². The molecule has 2 heterocycles. The normalized spacial score (nSPS) is 13.4. The molecule has 10 heteroatoms. The fourth-order valence-corrected chi connectivity index (χ4v) is 6.74. The number of thiophene rings is 1. The summed E-state index contributed by atoms with van der Waals surface area (Å²) in [5, 5.41) is 0. The molecule has 0 saturated carbocycles. The fraction of sp³-hybridized carbons (Fsp3) is 0.217. The van der Waals surface area contributed by atoms with Gasteiger partial charge >= 0.3 is 5.97 Å². The molecule has 1 aliphatic rings. The van der Waals surface area contributed by atoms with Crippen LogP contribution in [0.4, 0.5) is 10.1 Å². The van der Waals surface area contributed by atoms with E-state index in [1.807, 2.05) is 0 Å². The van der Waals surface area contributed by atoms with Crippen LogP contribution in [0.25, 0.3) is 0 Å². The molecule has 0 radical (unpaired) electrons. The SMILES string of the molecule is COC(=O)c1c(S(=O)(=O)Nc2ccccc2C)sc2c1CCN(C(=O)c1ccc(F)cc1)C2. The Balaban J connectivity index is 1.70. The van der Waals surface area contributed by atoms with Gasteiger partial charge in [-0.1, -0.05) is 18.2 Å². The third-order valence-corrected chi connectivity index (χ3v) is 8.53. The van der Waals surface area contributed by atoms with Crippen molar-refractivity contribution in [1.82, 2.24) is 4.90 Å². The Bertz CT molecular complexity index is 1330. The number of methoxy groups -OCH3 is 1. The first-order valence-corrected chi connectivity index (χ1v) is 12.4. The second kappa shape index (κ2) is 8.95. The summed E-state index contributed by atoms with van der Waals surface area (Å²) in [6, 6.07) is 12.2. The lowest BCUT2D eigenvalue weighted by Gasteiger charge is -2.27. The minimum atomic E-state index is -4.09. The van der Waals surface area contributed by atoms with Gasteiger partial charge in [0.25, 0.3) is 15.9 Å². The third-order valence-electron chi connectivity index (χ3n) is 5.43. The molecule has 0 aliphatic carbocycles. The van der Waals surface area contributed by atoms with Crippen molar-refractivity contribution in [2.75, 3.05) is 18.4 Å². The highest BCUT2D eigenvalue weighted by Crippen LogP contribution is 2.38. The summed E-state index contributed by atoms with van der Waals surface area (Å²) >= 11 is 0.951. The van der Waals surface area contributed by atoms with E-state index in [1.165, 1.54) is 31.4 Å². The minimum absolute atomic E-state index is 0.00691. The zero-order valence-electron chi connectivity index (χ0n) is 17.9. The van der Waals surface area contributed by atoms with Gasteiger partial charge in [-0.3, -0.25) is 9.52 Å². The van der Waals surface area contributed by atoms with E-state index >= 15 is 0 Å². The highest BCUT2D eigenvalue weighted by Gasteiger charge is 2.35. The lowest BCUT2D eigenvalue weighted by atomic mass is 10.0. The number of halogens is 1. The topological polar surface area (TPSA) is 92.8 Å². The van der Waals surface area contributed by atoms with Crippen LogP contribution < -0.4 is 4.72 Å². The number of hydrogen-bond acceptors (Lipinski definition) is 6. The van der Waals surface area contributed by atoms with E-state index in [-0.39, 0.29) is 28.8 Å². The summed E-state index contributed by atoms with van der Waals surface area (Å²) in [5.41, 5.74) is 2.05. The molecule has 0 bridgehead atoms. The lowest BCUT2D eigenvalue weighted by molar-refractivity contribution is 0.0595. The molecule has 7 nitrogen and oxygen atoms in total. The summed E-state index contributed by atoms with van der Waals surface area (Å²) in [4.78, 5) is 27.6. The Labute approximate surface area is 194 Å². The van der Waals surface area contributed by atoms with Gasteiger partial charge in [-0.05, 0) is 54.8 Å². The number of esters is 1. The van der Waals surface area contributed by atoms with E-state index in [0.717, 1.165) is 16.9 Å². The zero-order valence-corrected chi connectivity index (χ0v) is 19.6. The number of fused-ring (bicyclic) bond motifs is 1. The van der Waals surface area contributed by atoms with Crippen molar-refractivity contribution >= 4 is 38.9 Å². The quantitative estimate of drug-likeness (QED) is 0.549. The Morgan fingerprint density at radius 2 is 1.82 bits per heavy atom. The Morgan fingerprint density at radius 1 is 1.12 bits per heavy atom. The summed E-state index contributed by atoms with van der Waals surface area (Å²) in [7, 11) is -2.89. The average Bonchev–Trinajstić information content (AvgIpc) is 3.20. The predicted octanol–water partition coefficient (Wildman–Crippen LogP) is 3.98. The van der Waals surface area contributed by atoms with Crippen LogP contribution in [-0.2, 0) is 27.7 Å². The van der Waals surface area contributed by atoms with Gasteiger partial charge in [0.2, 0.25) is 0 Å². The molecule has 172 valence electrons. The molecule has 2 aromatic carbocycles. The van der Waals surface area contributed by atoms with Gasteiger partial charge in [0.1, 0.15) is 5.82 Å². The highest BCUT2D eigenvalue weighted by molar-refractivity contribution is 7.94. The van der Waals surface area contributed by atoms with Crippen molar-refractivity contribution in [1.29, 1.82) is 0 Å². The van der Waals surface area contributed by atoms with Crippen LogP contribution in [0.1, 0.15) is 36.7 Å². The molecular formula is C23H21FN2O5S2. The summed E-state index contributed by atoms with van der Waals surface area (Å²) < 4.78 is 47.0. The van der Waals surface area contributed by atoms with Crippen molar-refractivity contribution in [3.8, 4) is 0 Å². The molecule has 1 N–H and O–H groups in total. The molecule has 3 aromatic rings.